The minimum atomic E-state index is -3.80. The summed E-state index contributed by atoms with van der Waals surface area (Å²) in [5, 5.41) is 2.33. The first-order valence-corrected chi connectivity index (χ1v) is 4.68. The number of carbonyl (C=O) groups is 1. The summed E-state index contributed by atoms with van der Waals surface area (Å²) in [5.41, 5.74) is 0. The van der Waals surface area contributed by atoms with Crippen LogP contribution in [-0.2, 0) is 9.09 Å². The third-order valence-electron chi connectivity index (χ3n) is 0.893. The molecular formula is C4H10BNO4P. The first-order valence-electron chi connectivity index (χ1n) is 3.04. The number of amides is 1. The number of hydrogen-bond donors (Lipinski definition) is 2. The summed E-state index contributed by atoms with van der Waals surface area (Å²) in [7, 11) is -2.73. The molecule has 0 rings (SSSR count). The van der Waals surface area contributed by atoms with Crippen molar-refractivity contribution in [2.75, 3.05) is 13.7 Å². The van der Waals surface area contributed by atoms with Gasteiger partial charge in [0.25, 0.3) is 7.47 Å². The lowest BCUT2D eigenvalue weighted by molar-refractivity contribution is 0.259. The highest BCUT2D eigenvalue weighted by atomic mass is 31.2. The number of rotatable bonds is 4. The third-order valence-corrected chi connectivity index (χ3v) is 1.98. The van der Waals surface area contributed by atoms with Gasteiger partial charge in [0.05, 0.1) is 0 Å². The van der Waals surface area contributed by atoms with Crippen molar-refractivity contribution < 1.29 is 18.8 Å². The van der Waals surface area contributed by atoms with Crippen LogP contribution in [-0.4, -0.2) is 31.4 Å². The van der Waals surface area contributed by atoms with E-state index in [1.54, 1.807) is 6.92 Å². The van der Waals surface area contributed by atoms with Crippen LogP contribution < -0.4 is 5.32 Å². The van der Waals surface area contributed by atoms with Crippen LogP contribution in [0.25, 0.3) is 0 Å². The Labute approximate surface area is 65.9 Å². The van der Waals surface area contributed by atoms with E-state index >= 15 is 0 Å². The fraction of sp³-hybridized carbons (Fsp3) is 0.750. The zero-order chi connectivity index (χ0) is 8.91. The molecule has 1 unspecified atom stereocenters. The van der Waals surface area contributed by atoms with E-state index in [9.17, 15) is 9.36 Å². The first-order chi connectivity index (χ1) is 5.02. The molecule has 0 aromatic heterocycles. The van der Waals surface area contributed by atoms with Gasteiger partial charge in [0.2, 0.25) is 0 Å². The predicted molar refractivity (Wildman–Crippen MR) is 41.7 cm³/mol. The van der Waals surface area contributed by atoms with Gasteiger partial charge in [-0.2, -0.15) is 0 Å². The molecule has 5 nitrogen and oxygen atoms in total. The van der Waals surface area contributed by atoms with E-state index in [1.807, 2.05) is 0 Å². The number of hydrogen-bond acceptors (Lipinski definition) is 3. The summed E-state index contributed by atoms with van der Waals surface area (Å²) in [4.78, 5) is 19.4. The molecule has 0 bridgehead atoms. The minimum absolute atomic E-state index is 0.416. The van der Waals surface area contributed by atoms with Crippen molar-refractivity contribution in [2.24, 2.45) is 0 Å². The van der Waals surface area contributed by atoms with Crippen molar-refractivity contribution in [2.45, 2.75) is 6.92 Å². The summed E-state index contributed by atoms with van der Waals surface area (Å²) in [6.07, 6.45) is 0. The van der Waals surface area contributed by atoms with Crippen molar-refractivity contribution in [1.82, 2.24) is 5.32 Å². The zero-order valence-corrected chi connectivity index (χ0v) is 7.30. The first kappa shape index (κ1) is 10.7. The minimum Gasteiger partial charge on any atom is -0.365 e. The normalized spacial score (nSPS) is 15.2. The van der Waals surface area contributed by atoms with E-state index in [1.165, 1.54) is 0 Å². The number of nitrogens with one attached hydrogen (secondary N) is 1. The SMILES string of the molecule is CCNC(=O)[B]P(=O)(O)OC. The molecule has 2 N–H and O–H groups in total. The van der Waals surface area contributed by atoms with Crippen LogP contribution >= 0.6 is 7.47 Å². The lowest BCUT2D eigenvalue weighted by Crippen LogP contribution is -2.26. The molecule has 1 amide bonds. The standard InChI is InChI=1S/C4H10BNO4P/c1-3-6-4(7)5-11(8,9)10-2/h3H2,1-2H3,(H,6,7)(H,8,9). The Morgan fingerprint density at radius 3 is 2.73 bits per heavy atom. The van der Waals surface area contributed by atoms with Crippen LogP contribution in [0.5, 0.6) is 0 Å². The van der Waals surface area contributed by atoms with Crippen LogP contribution in [0.4, 0.5) is 4.79 Å². The average molecular weight is 178 g/mol. The molecule has 63 valence electrons. The molecule has 1 radical (unpaired) electrons. The fourth-order valence-corrected chi connectivity index (χ4v) is 0.914. The van der Waals surface area contributed by atoms with Crippen molar-refractivity contribution in [3.8, 4) is 0 Å². The molecule has 0 aliphatic heterocycles. The Bertz CT molecular complexity index is 185. The second-order valence-electron chi connectivity index (χ2n) is 1.77. The summed E-state index contributed by atoms with van der Waals surface area (Å²) in [6.45, 7) is 2.76. The molecule has 0 fully saturated rings. The van der Waals surface area contributed by atoms with Crippen molar-refractivity contribution >= 4 is 20.3 Å². The average Bonchev–Trinajstić information content (AvgIpc) is 1.87. The predicted octanol–water partition coefficient (Wildman–Crippen LogP) is 0.167. The van der Waals surface area contributed by atoms with Crippen molar-refractivity contribution in [3.63, 3.8) is 0 Å². The third kappa shape index (κ3) is 5.01. The van der Waals surface area contributed by atoms with Crippen LogP contribution in [0.3, 0.4) is 0 Å². The summed E-state index contributed by atoms with van der Waals surface area (Å²) in [6, 6.07) is 0. The molecule has 7 heteroatoms. The van der Waals surface area contributed by atoms with Crippen LogP contribution in [0.1, 0.15) is 6.92 Å². The van der Waals surface area contributed by atoms with E-state index in [-0.39, 0.29) is 0 Å². The molecule has 0 aromatic rings. The van der Waals surface area contributed by atoms with Gasteiger partial charge in [-0.25, -0.2) is 0 Å². The quantitative estimate of drug-likeness (QED) is 0.475. The zero-order valence-electron chi connectivity index (χ0n) is 6.40. The van der Waals surface area contributed by atoms with Crippen LogP contribution in [0, 0.1) is 0 Å². The summed E-state index contributed by atoms with van der Waals surface area (Å²) >= 11 is 0. The molecule has 0 heterocycles. The molecule has 0 aliphatic carbocycles. The Morgan fingerprint density at radius 2 is 2.36 bits per heavy atom. The summed E-state index contributed by atoms with van der Waals surface area (Å²) < 4.78 is 14.8. The Hall–Kier alpha value is -0.315. The Morgan fingerprint density at radius 1 is 1.82 bits per heavy atom. The molecule has 0 saturated carbocycles. The Balaban J connectivity index is 3.84. The summed E-state index contributed by atoms with van der Waals surface area (Å²) in [5.74, 6) is -0.597. The smallest absolute Gasteiger partial charge is 0.365 e. The topological polar surface area (TPSA) is 75.6 Å². The largest absolute Gasteiger partial charge is 0.388 e. The van der Waals surface area contributed by atoms with Crippen LogP contribution in [0.15, 0.2) is 0 Å². The van der Waals surface area contributed by atoms with E-state index in [0.717, 1.165) is 7.11 Å². The van der Waals surface area contributed by atoms with Gasteiger partial charge in [0.15, 0.2) is 5.81 Å². The fourth-order valence-electron chi connectivity index (χ4n) is 0.421. The second kappa shape index (κ2) is 4.54. The monoisotopic (exact) mass is 178 g/mol. The highest BCUT2D eigenvalue weighted by Gasteiger charge is 2.24. The molecule has 11 heavy (non-hydrogen) atoms. The van der Waals surface area contributed by atoms with Gasteiger partial charge in [-0.15, -0.1) is 0 Å². The van der Waals surface area contributed by atoms with Gasteiger partial charge in [-0.05, 0) is 6.92 Å². The maximum absolute atomic E-state index is 10.7. The van der Waals surface area contributed by atoms with E-state index in [0.29, 0.717) is 13.5 Å². The molecule has 0 aliphatic rings. The second-order valence-corrected chi connectivity index (χ2v) is 3.52. The van der Waals surface area contributed by atoms with Gasteiger partial charge in [0.1, 0.15) is 0 Å². The highest BCUT2D eigenvalue weighted by molar-refractivity contribution is 7.86. The van der Waals surface area contributed by atoms with Crippen molar-refractivity contribution in [3.05, 3.63) is 0 Å². The molecular weight excluding hydrogens is 168 g/mol. The lowest BCUT2D eigenvalue weighted by Gasteiger charge is -2.06. The highest BCUT2D eigenvalue weighted by Crippen LogP contribution is 2.37. The maximum Gasteiger partial charge on any atom is 0.388 e. The number of carbonyl (C=O) groups excluding carboxylic acids is 1. The lowest BCUT2D eigenvalue weighted by atomic mass is 10.1. The van der Waals surface area contributed by atoms with Gasteiger partial charge in [-0.3, -0.25) is 9.36 Å². The van der Waals surface area contributed by atoms with Gasteiger partial charge < -0.3 is 14.7 Å². The molecule has 0 saturated heterocycles. The molecule has 0 spiro atoms. The Kier molecular flexibility index (Phi) is 4.41. The van der Waals surface area contributed by atoms with Gasteiger partial charge in [0, 0.05) is 13.7 Å². The van der Waals surface area contributed by atoms with E-state index in [2.05, 4.69) is 9.84 Å². The van der Waals surface area contributed by atoms with Gasteiger partial charge in [-0.1, -0.05) is 0 Å². The van der Waals surface area contributed by atoms with E-state index in [4.69, 9.17) is 4.89 Å². The maximum atomic E-state index is 10.7. The van der Waals surface area contributed by atoms with Gasteiger partial charge >= 0.3 is 7.00 Å². The molecule has 1 atom stereocenters. The van der Waals surface area contributed by atoms with E-state index < -0.39 is 13.3 Å². The molecule has 0 aromatic carbocycles. The van der Waals surface area contributed by atoms with Crippen LogP contribution in [0.2, 0.25) is 0 Å². The van der Waals surface area contributed by atoms with Crippen molar-refractivity contribution in [1.29, 1.82) is 0 Å².